The minimum atomic E-state index is 0.411. The van der Waals surface area contributed by atoms with Crippen molar-refractivity contribution in [2.24, 2.45) is 5.92 Å². The Bertz CT molecular complexity index is 587. The molecule has 1 atom stereocenters. The van der Waals surface area contributed by atoms with Crippen LogP contribution in [0.15, 0.2) is 18.3 Å². The molecule has 0 amide bonds. The van der Waals surface area contributed by atoms with Gasteiger partial charge in [0.1, 0.15) is 11.3 Å². The lowest BCUT2D eigenvalue weighted by molar-refractivity contribution is 0.340. The molecule has 20 heavy (non-hydrogen) atoms. The number of likely N-dealkylation sites (tertiary alicyclic amines) is 1. The largest absolute Gasteiger partial charge is 0.310 e. The van der Waals surface area contributed by atoms with Gasteiger partial charge in [0.05, 0.1) is 0 Å². The second kappa shape index (κ2) is 5.52. The SMILES string of the molecule is CCN1CCC(Cc2nc3cccnc3n2C(C)C)C1. The second-order valence-corrected chi connectivity index (χ2v) is 6.09. The molecule has 0 aliphatic carbocycles. The molecule has 0 spiro atoms. The van der Waals surface area contributed by atoms with E-state index in [1.165, 1.54) is 31.9 Å². The van der Waals surface area contributed by atoms with E-state index in [2.05, 4.69) is 41.3 Å². The van der Waals surface area contributed by atoms with Gasteiger partial charge in [0.25, 0.3) is 0 Å². The zero-order chi connectivity index (χ0) is 14.1. The minimum Gasteiger partial charge on any atom is -0.310 e. The summed E-state index contributed by atoms with van der Waals surface area (Å²) < 4.78 is 2.31. The molecule has 1 fully saturated rings. The van der Waals surface area contributed by atoms with Crippen LogP contribution in [-0.4, -0.2) is 39.1 Å². The predicted octanol–water partition coefficient (Wildman–Crippen LogP) is 2.90. The molecule has 1 saturated heterocycles. The molecule has 1 unspecified atom stereocenters. The quantitative estimate of drug-likeness (QED) is 0.858. The molecule has 1 aliphatic heterocycles. The molecule has 3 heterocycles. The first-order chi connectivity index (χ1) is 9.69. The van der Waals surface area contributed by atoms with E-state index in [0.717, 1.165) is 23.5 Å². The average Bonchev–Trinajstić information content (AvgIpc) is 3.02. The predicted molar refractivity (Wildman–Crippen MR) is 81.8 cm³/mol. The normalized spacial score (nSPS) is 20.3. The Balaban J connectivity index is 1.89. The molecule has 0 aromatic carbocycles. The molecule has 2 aromatic rings. The number of hydrogen-bond acceptors (Lipinski definition) is 3. The van der Waals surface area contributed by atoms with Gasteiger partial charge < -0.3 is 9.47 Å². The fraction of sp³-hybridized carbons (Fsp3) is 0.625. The van der Waals surface area contributed by atoms with E-state index < -0.39 is 0 Å². The van der Waals surface area contributed by atoms with E-state index in [1.807, 2.05) is 12.3 Å². The number of aromatic nitrogens is 3. The molecular formula is C16H24N4. The lowest BCUT2D eigenvalue weighted by atomic mass is 10.0. The van der Waals surface area contributed by atoms with E-state index in [4.69, 9.17) is 4.98 Å². The Kier molecular flexibility index (Phi) is 3.74. The Morgan fingerprint density at radius 2 is 2.25 bits per heavy atom. The Hall–Kier alpha value is -1.42. The average molecular weight is 272 g/mol. The summed E-state index contributed by atoms with van der Waals surface area (Å²) in [7, 11) is 0. The van der Waals surface area contributed by atoms with Crippen molar-refractivity contribution in [3.63, 3.8) is 0 Å². The van der Waals surface area contributed by atoms with Crippen LogP contribution in [0.5, 0.6) is 0 Å². The molecule has 3 rings (SSSR count). The molecule has 108 valence electrons. The van der Waals surface area contributed by atoms with Gasteiger partial charge in [-0.1, -0.05) is 6.92 Å². The number of nitrogens with zero attached hydrogens (tertiary/aromatic N) is 4. The van der Waals surface area contributed by atoms with Gasteiger partial charge in [-0.15, -0.1) is 0 Å². The Morgan fingerprint density at radius 3 is 2.95 bits per heavy atom. The molecule has 4 nitrogen and oxygen atoms in total. The van der Waals surface area contributed by atoms with E-state index in [-0.39, 0.29) is 0 Å². The van der Waals surface area contributed by atoms with Crippen LogP contribution in [0.3, 0.4) is 0 Å². The van der Waals surface area contributed by atoms with Gasteiger partial charge >= 0.3 is 0 Å². The lowest BCUT2D eigenvalue weighted by Gasteiger charge is -2.16. The first-order valence-electron chi connectivity index (χ1n) is 7.73. The first-order valence-corrected chi connectivity index (χ1v) is 7.73. The minimum absolute atomic E-state index is 0.411. The number of pyridine rings is 1. The van der Waals surface area contributed by atoms with Crippen molar-refractivity contribution in [3.05, 3.63) is 24.2 Å². The Morgan fingerprint density at radius 1 is 1.40 bits per heavy atom. The van der Waals surface area contributed by atoms with Gasteiger partial charge in [-0.2, -0.15) is 0 Å². The lowest BCUT2D eigenvalue weighted by Crippen LogP contribution is -2.21. The van der Waals surface area contributed by atoms with Crippen molar-refractivity contribution in [2.75, 3.05) is 19.6 Å². The third-order valence-corrected chi connectivity index (χ3v) is 4.33. The number of fused-ring (bicyclic) bond motifs is 1. The van der Waals surface area contributed by atoms with Crippen LogP contribution in [0.2, 0.25) is 0 Å². The van der Waals surface area contributed by atoms with Gasteiger partial charge in [-0.25, -0.2) is 9.97 Å². The van der Waals surface area contributed by atoms with Crippen molar-refractivity contribution in [2.45, 2.75) is 39.7 Å². The van der Waals surface area contributed by atoms with Crippen LogP contribution in [0.4, 0.5) is 0 Å². The van der Waals surface area contributed by atoms with E-state index in [1.54, 1.807) is 0 Å². The third-order valence-electron chi connectivity index (χ3n) is 4.33. The van der Waals surface area contributed by atoms with Crippen molar-refractivity contribution in [3.8, 4) is 0 Å². The summed E-state index contributed by atoms with van der Waals surface area (Å²) in [5, 5.41) is 0. The summed E-state index contributed by atoms with van der Waals surface area (Å²) >= 11 is 0. The molecular weight excluding hydrogens is 248 g/mol. The van der Waals surface area contributed by atoms with Crippen LogP contribution >= 0.6 is 0 Å². The summed E-state index contributed by atoms with van der Waals surface area (Å²) in [5.41, 5.74) is 2.06. The molecule has 0 radical (unpaired) electrons. The standard InChI is InChI=1S/C16H24N4/c1-4-19-9-7-13(11-19)10-15-18-14-6-5-8-17-16(14)20(15)12(2)3/h5-6,8,12-13H,4,7,9-11H2,1-3H3. The highest BCUT2D eigenvalue weighted by molar-refractivity contribution is 5.71. The molecule has 0 bridgehead atoms. The highest BCUT2D eigenvalue weighted by Crippen LogP contribution is 2.25. The zero-order valence-electron chi connectivity index (χ0n) is 12.7. The summed E-state index contributed by atoms with van der Waals surface area (Å²) in [5.74, 6) is 1.95. The number of hydrogen-bond donors (Lipinski definition) is 0. The maximum Gasteiger partial charge on any atom is 0.160 e. The fourth-order valence-electron chi connectivity index (χ4n) is 3.29. The fourth-order valence-corrected chi connectivity index (χ4v) is 3.29. The second-order valence-electron chi connectivity index (χ2n) is 6.09. The highest BCUT2D eigenvalue weighted by atomic mass is 15.2. The van der Waals surface area contributed by atoms with E-state index in [0.29, 0.717) is 6.04 Å². The van der Waals surface area contributed by atoms with Gasteiger partial charge in [0.15, 0.2) is 5.65 Å². The van der Waals surface area contributed by atoms with Crippen molar-refractivity contribution in [1.29, 1.82) is 0 Å². The molecule has 2 aromatic heterocycles. The molecule has 0 saturated carbocycles. The molecule has 0 N–H and O–H groups in total. The Labute approximate surface area is 120 Å². The van der Waals surface area contributed by atoms with Gasteiger partial charge in [-0.05, 0) is 51.4 Å². The summed E-state index contributed by atoms with van der Waals surface area (Å²) in [6.07, 6.45) is 4.23. The van der Waals surface area contributed by atoms with Gasteiger partial charge in [0.2, 0.25) is 0 Å². The summed E-state index contributed by atoms with van der Waals surface area (Å²) in [4.78, 5) is 11.9. The van der Waals surface area contributed by atoms with Crippen LogP contribution in [-0.2, 0) is 6.42 Å². The summed E-state index contributed by atoms with van der Waals surface area (Å²) in [6, 6.07) is 4.45. The maximum atomic E-state index is 4.83. The van der Waals surface area contributed by atoms with Crippen molar-refractivity contribution < 1.29 is 0 Å². The zero-order valence-corrected chi connectivity index (χ0v) is 12.7. The van der Waals surface area contributed by atoms with Crippen molar-refractivity contribution in [1.82, 2.24) is 19.4 Å². The summed E-state index contributed by atoms with van der Waals surface area (Å²) in [6.45, 7) is 10.3. The van der Waals surface area contributed by atoms with Crippen LogP contribution in [0.1, 0.15) is 39.1 Å². The van der Waals surface area contributed by atoms with E-state index >= 15 is 0 Å². The third kappa shape index (κ3) is 2.44. The number of imidazole rings is 1. The molecule has 1 aliphatic rings. The first kappa shape index (κ1) is 13.6. The van der Waals surface area contributed by atoms with Crippen molar-refractivity contribution >= 4 is 11.2 Å². The van der Waals surface area contributed by atoms with Crippen LogP contribution in [0, 0.1) is 5.92 Å². The highest BCUT2D eigenvalue weighted by Gasteiger charge is 2.24. The van der Waals surface area contributed by atoms with Crippen LogP contribution < -0.4 is 0 Å². The van der Waals surface area contributed by atoms with Gasteiger partial charge in [-0.3, -0.25) is 0 Å². The van der Waals surface area contributed by atoms with Gasteiger partial charge in [0, 0.05) is 25.2 Å². The molecule has 4 heteroatoms. The maximum absolute atomic E-state index is 4.83. The van der Waals surface area contributed by atoms with E-state index in [9.17, 15) is 0 Å². The van der Waals surface area contributed by atoms with Crippen LogP contribution in [0.25, 0.3) is 11.2 Å². The monoisotopic (exact) mass is 272 g/mol. The topological polar surface area (TPSA) is 34.0 Å². The smallest absolute Gasteiger partial charge is 0.160 e. The number of rotatable bonds is 4.